The van der Waals surface area contributed by atoms with Gasteiger partial charge in [0.15, 0.2) is 0 Å². The summed E-state index contributed by atoms with van der Waals surface area (Å²) < 4.78 is 2.26. The van der Waals surface area contributed by atoms with Gasteiger partial charge in [-0.2, -0.15) is 5.10 Å². The molecular weight excluding hydrogens is 336 g/mol. The van der Waals surface area contributed by atoms with Gasteiger partial charge in [0, 0.05) is 23.1 Å². The number of rotatable bonds is 5. The van der Waals surface area contributed by atoms with Gasteiger partial charge in [-0.15, -0.1) is 0 Å². The Bertz CT molecular complexity index is 987. The second-order valence-electron chi connectivity index (χ2n) is 6.51. The number of para-hydroxylation sites is 1. The van der Waals surface area contributed by atoms with Crippen molar-refractivity contribution in [3.05, 3.63) is 82.4 Å². The molecule has 3 aromatic rings. The molecule has 0 saturated heterocycles. The van der Waals surface area contributed by atoms with Crippen molar-refractivity contribution in [3.63, 3.8) is 0 Å². The van der Waals surface area contributed by atoms with Gasteiger partial charge in [-0.05, 0) is 56.5 Å². The predicted molar refractivity (Wildman–Crippen MR) is 109 cm³/mol. The summed E-state index contributed by atoms with van der Waals surface area (Å²) in [6, 6.07) is 13.7. The van der Waals surface area contributed by atoms with E-state index in [2.05, 4.69) is 72.0 Å². The van der Waals surface area contributed by atoms with Gasteiger partial charge in [-0.25, -0.2) is 5.43 Å². The summed E-state index contributed by atoms with van der Waals surface area (Å²) in [4.78, 5) is 16.1. The van der Waals surface area contributed by atoms with Gasteiger partial charge in [0.05, 0.1) is 11.9 Å². The second kappa shape index (κ2) is 7.99. The van der Waals surface area contributed by atoms with Crippen LogP contribution in [0.15, 0.2) is 53.8 Å². The maximum atomic E-state index is 12.0. The molecule has 0 saturated carbocycles. The zero-order chi connectivity index (χ0) is 19.4. The number of carbonyl (C=O) groups is 1. The van der Waals surface area contributed by atoms with Crippen LogP contribution in [0.1, 0.15) is 45.5 Å². The van der Waals surface area contributed by atoms with Crippen molar-refractivity contribution >= 4 is 12.1 Å². The Morgan fingerprint density at radius 3 is 2.70 bits per heavy atom. The molecule has 1 aromatic carbocycles. The Morgan fingerprint density at radius 2 is 2.00 bits per heavy atom. The number of pyridine rings is 1. The number of aryl methyl sites for hydroxylation is 3. The Labute approximate surface area is 159 Å². The van der Waals surface area contributed by atoms with Crippen molar-refractivity contribution in [2.24, 2.45) is 5.10 Å². The van der Waals surface area contributed by atoms with Gasteiger partial charge in [0.2, 0.25) is 0 Å². The van der Waals surface area contributed by atoms with E-state index in [1.807, 2.05) is 0 Å². The minimum Gasteiger partial charge on any atom is -0.317 e. The molecule has 27 heavy (non-hydrogen) atoms. The monoisotopic (exact) mass is 360 g/mol. The van der Waals surface area contributed by atoms with E-state index in [1.54, 1.807) is 30.6 Å². The van der Waals surface area contributed by atoms with Crippen molar-refractivity contribution < 1.29 is 4.79 Å². The number of carbonyl (C=O) groups excluding carboxylic acids is 1. The van der Waals surface area contributed by atoms with E-state index in [9.17, 15) is 4.79 Å². The fourth-order valence-corrected chi connectivity index (χ4v) is 3.30. The molecule has 5 heteroatoms. The number of amides is 1. The first-order valence-electron chi connectivity index (χ1n) is 9.05. The fraction of sp³-hybridized carbons (Fsp3) is 0.227. The molecule has 0 fully saturated rings. The largest absolute Gasteiger partial charge is 0.317 e. The zero-order valence-corrected chi connectivity index (χ0v) is 16.2. The van der Waals surface area contributed by atoms with Crippen molar-refractivity contribution in [1.29, 1.82) is 0 Å². The number of nitrogens with one attached hydrogen (secondary N) is 1. The summed E-state index contributed by atoms with van der Waals surface area (Å²) in [5.74, 6) is -0.326. The maximum absolute atomic E-state index is 12.0. The van der Waals surface area contributed by atoms with E-state index in [-0.39, 0.29) is 5.91 Å². The van der Waals surface area contributed by atoms with Crippen molar-refractivity contribution in [3.8, 4) is 5.69 Å². The van der Waals surface area contributed by atoms with E-state index < -0.39 is 0 Å². The van der Waals surface area contributed by atoms with E-state index >= 15 is 0 Å². The van der Waals surface area contributed by atoms with Gasteiger partial charge in [0.1, 0.15) is 5.69 Å². The van der Waals surface area contributed by atoms with Crippen LogP contribution in [0.2, 0.25) is 0 Å². The minimum atomic E-state index is -0.326. The maximum Gasteiger partial charge on any atom is 0.289 e. The molecule has 3 rings (SSSR count). The topological polar surface area (TPSA) is 59.3 Å². The minimum absolute atomic E-state index is 0.326. The second-order valence-corrected chi connectivity index (χ2v) is 6.51. The van der Waals surface area contributed by atoms with Crippen molar-refractivity contribution in [1.82, 2.24) is 15.0 Å². The van der Waals surface area contributed by atoms with E-state index in [1.165, 1.54) is 16.8 Å². The molecule has 1 amide bonds. The van der Waals surface area contributed by atoms with Crippen LogP contribution in [0, 0.1) is 20.8 Å². The van der Waals surface area contributed by atoms with E-state index in [0.717, 1.165) is 23.4 Å². The lowest BCUT2D eigenvalue weighted by molar-refractivity contribution is 0.0950. The lowest BCUT2D eigenvalue weighted by Gasteiger charge is -2.17. The SMILES string of the molecule is CCc1cccc(C)c1-n1c(C)cc(/C=N\NC(=O)c2ccccn2)c1C. The van der Waals surface area contributed by atoms with Crippen molar-refractivity contribution in [2.45, 2.75) is 34.1 Å². The van der Waals surface area contributed by atoms with Crippen LogP contribution in [0.3, 0.4) is 0 Å². The highest BCUT2D eigenvalue weighted by Gasteiger charge is 2.14. The molecule has 0 aliphatic rings. The number of aromatic nitrogens is 2. The lowest BCUT2D eigenvalue weighted by atomic mass is 10.1. The molecule has 0 atom stereocenters. The van der Waals surface area contributed by atoms with Crippen LogP contribution >= 0.6 is 0 Å². The van der Waals surface area contributed by atoms with Crippen LogP contribution in [0.25, 0.3) is 5.69 Å². The van der Waals surface area contributed by atoms with Gasteiger partial charge in [0.25, 0.3) is 5.91 Å². The molecule has 0 aliphatic heterocycles. The van der Waals surface area contributed by atoms with Crippen molar-refractivity contribution in [2.75, 3.05) is 0 Å². The molecule has 0 spiro atoms. The van der Waals surface area contributed by atoms with E-state index in [4.69, 9.17) is 0 Å². The number of nitrogens with zero attached hydrogens (tertiary/aromatic N) is 3. The molecule has 5 nitrogen and oxygen atoms in total. The lowest BCUT2D eigenvalue weighted by Crippen LogP contribution is -2.18. The molecule has 1 N–H and O–H groups in total. The standard InChI is InChI=1S/C22H24N4O/c1-5-18-10-8-9-15(2)21(18)26-16(3)13-19(17(26)4)14-24-25-22(27)20-11-6-7-12-23-20/h6-14H,5H2,1-4H3,(H,25,27)/b24-14-. The summed E-state index contributed by atoms with van der Waals surface area (Å²) in [6.45, 7) is 8.46. The molecule has 138 valence electrons. The average molecular weight is 360 g/mol. The van der Waals surface area contributed by atoms with E-state index in [0.29, 0.717) is 5.69 Å². The molecule has 0 unspecified atom stereocenters. The highest BCUT2D eigenvalue weighted by molar-refractivity contribution is 5.93. The molecule has 0 aliphatic carbocycles. The van der Waals surface area contributed by atoms with Gasteiger partial charge >= 0.3 is 0 Å². The predicted octanol–water partition coefficient (Wildman–Crippen LogP) is 4.12. The first-order valence-corrected chi connectivity index (χ1v) is 9.05. The Kier molecular flexibility index (Phi) is 5.50. The van der Waals surface area contributed by atoms with Gasteiger partial charge in [-0.3, -0.25) is 9.78 Å². The molecule has 2 heterocycles. The van der Waals surface area contributed by atoms with Crippen LogP contribution in [0.4, 0.5) is 0 Å². The van der Waals surface area contributed by atoms with Crippen LogP contribution in [-0.2, 0) is 6.42 Å². The first kappa shape index (κ1) is 18.6. The Morgan fingerprint density at radius 1 is 1.19 bits per heavy atom. The Hall–Kier alpha value is -3.21. The third-order valence-corrected chi connectivity index (χ3v) is 4.66. The zero-order valence-electron chi connectivity index (χ0n) is 16.2. The number of hydrogen-bond donors (Lipinski definition) is 1. The summed E-state index contributed by atoms with van der Waals surface area (Å²) in [5.41, 5.74) is 9.85. The highest BCUT2D eigenvalue weighted by Crippen LogP contribution is 2.26. The number of benzene rings is 1. The number of hydrogen-bond acceptors (Lipinski definition) is 3. The quantitative estimate of drug-likeness (QED) is 0.549. The Balaban J connectivity index is 1.88. The first-order chi connectivity index (χ1) is 13.0. The van der Waals surface area contributed by atoms with Gasteiger partial charge < -0.3 is 4.57 Å². The molecular formula is C22H24N4O. The number of hydrazone groups is 1. The molecule has 0 radical (unpaired) electrons. The van der Waals surface area contributed by atoms with Gasteiger partial charge in [-0.1, -0.05) is 31.2 Å². The summed E-state index contributed by atoms with van der Waals surface area (Å²) in [6.07, 6.45) is 4.24. The highest BCUT2D eigenvalue weighted by atomic mass is 16.2. The average Bonchev–Trinajstić information content (AvgIpc) is 2.95. The van der Waals surface area contributed by atoms with Crippen LogP contribution < -0.4 is 5.43 Å². The smallest absolute Gasteiger partial charge is 0.289 e. The van der Waals surface area contributed by atoms with Crippen LogP contribution in [0.5, 0.6) is 0 Å². The molecule has 0 bridgehead atoms. The summed E-state index contributed by atoms with van der Waals surface area (Å²) in [5, 5.41) is 4.11. The third kappa shape index (κ3) is 3.82. The van der Waals surface area contributed by atoms with Crippen LogP contribution in [-0.4, -0.2) is 21.7 Å². The summed E-state index contributed by atoms with van der Waals surface area (Å²) >= 11 is 0. The summed E-state index contributed by atoms with van der Waals surface area (Å²) in [7, 11) is 0. The molecule has 2 aromatic heterocycles. The normalized spacial score (nSPS) is 11.1. The fourth-order valence-electron chi connectivity index (χ4n) is 3.30. The third-order valence-electron chi connectivity index (χ3n) is 4.66.